The van der Waals surface area contributed by atoms with Crippen LogP contribution in [0.2, 0.25) is 0 Å². The molecule has 0 radical (unpaired) electrons. The number of carbonyl (C=O) groups excluding carboxylic acids is 1. The molecule has 162 valence electrons. The highest BCUT2D eigenvalue weighted by molar-refractivity contribution is 5.92. The number of aryl methyl sites for hydroxylation is 2. The van der Waals surface area contributed by atoms with Crippen molar-refractivity contribution in [2.24, 2.45) is 5.73 Å². The molecule has 0 aromatic carbocycles. The van der Waals surface area contributed by atoms with Gasteiger partial charge in [0, 0.05) is 49.7 Å². The number of aromatic nitrogens is 4. The van der Waals surface area contributed by atoms with E-state index < -0.39 is 0 Å². The van der Waals surface area contributed by atoms with Gasteiger partial charge in [0.05, 0.1) is 11.7 Å². The fourth-order valence-electron chi connectivity index (χ4n) is 4.76. The predicted octanol–water partition coefficient (Wildman–Crippen LogP) is 2.65. The van der Waals surface area contributed by atoms with Crippen LogP contribution in [0.3, 0.4) is 0 Å². The number of fused-ring (bicyclic) bond motifs is 1. The Kier molecular flexibility index (Phi) is 5.09. The molecule has 2 atom stereocenters. The Hall–Kier alpha value is -3.00. The molecule has 0 unspecified atom stereocenters. The zero-order valence-electron chi connectivity index (χ0n) is 18.2. The Morgan fingerprint density at radius 3 is 2.81 bits per heavy atom. The summed E-state index contributed by atoms with van der Waals surface area (Å²) in [6, 6.07) is 5.93. The second-order valence-electron chi connectivity index (χ2n) is 8.84. The van der Waals surface area contributed by atoms with Crippen LogP contribution in [-0.2, 0) is 0 Å². The molecule has 8 nitrogen and oxygen atoms in total. The molecule has 3 aromatic rings. The highest BCUT2D eigenvalue weighted by Crippen LogP contribution is 2.32. The van der Waals surface area contributed by atoms with Gasteiger partial charge >= 0.3 is 0 Å². The molecule has 2 N–H and O–H groups in total. The average Bonchev–Trinajstić information content (AvgIpc) is 3.38. The van der Waals surface area contributed by atoms with Crippen molar-refractivity contribution >= 4 is 17.4 Å². The van der Waals surface area contributed by atoms with Gasteiger partial charge in [-0.3, -0.25) is 9.78 Å². The van der Waals surface area contributed by atoms with E-state index in [4.69, 9.17) is 15.8 Å². The van der Waals surface area contributed by atoms with Crippen molar-refractivity contribution in [3.8, 4) is 0 Å². The number of hydrogen-bond acceptors (Lipinski definition) is 6. The summed E-state index contributed by atoms with van der Waals surface area (Å²) in [6.07, 6.45) is 7.69. The molecular weight excluding hydrogens is 390 g/mol. The van der Waals surface area contributed by atoms with Crippen LogP contribution in [0.5, 0.6) is 0 Å². The molecule has 31 heavy (non-hydrogen) atoms. The minimum absolute atomic E-state index is 0.0265. The second kappa shape index (κ2) is 7.92. The van der Waals surface area contributed by atoms with Crippen LogP contribution >= 0.6 is 0 Å². The first-order valence-electron chi connectivity index (χ1n) is 11.1. The summed E-state index contributed by atoms with van der Waals surface area (Å²) >= 11 is 0. The molecule has 3 aromatic heterocycles. The molecule has 0 saturated carbocycles. The van der Waals surface area contributed by atoms with E-state index in [-0.39, 0.29) is 18.0 Å². The monoisotopic (exact) mass is 419 g/mol. The fourth-order valence-corrected chi connectivity index (χ4v) is 4.76. The SMILES string of the molecule is Cc1ccnc(C(=O)N2CCCC[C@H]2c2cc3nc(N4CC[C@H](N)C4)c(C)cn3n2)c1. The van der Waals surface area contributed by atoms with Crippen LogP contribution < -0.4 is 10.6 Å². The van der Waals surface area contributed by atoms with Crippen LogP contribution in [0.25, 0.3) is 5.65 Å². The molecule has 0 aliphatic carbocycles. The van der Waals surface area contributed by atoms with E-state index >= 15 is 0 Å². The van der Waals surface area contributed by atoms with E-state index in [2.05, 4.69) is 16.8 Å². The van der Waals surface area contributed by atoms with Gasteiger partial charge in [0.1, 0.15) is 11.5 Å². The van der Waals surface area contributed by atoms with Crippen molar-refractivity contribution in [3.05, 3.63) is 53.1 Å². The van der Waals surface area contributed by atoms with Gasteiger partial charge in [-0.2, -0.15) is 5.10 Å². The number of piperidine rings is 1. The quantitative estimate of drug-likeness (QED) is 0.702. The molecule has 0 spiro atoms. The van der Waals surface area contributed by atoms with Crippen LogP contribution in [0.1, 0.15) is 59.0 Å². The lowest BCUT2D eigenvalue weighted by Crippen LogP contribution is -2.39. The van der Waals surface area contributed by atoms with Crippen molar-refractivity contribution in [2.45, 2.75) is 51.6 Å². The van der Waals surface area contributed by atoms with E-state index in [1.165, 1.54) is 0 Å². The van der Waals surface area contributed by atoms with E-state index in [1.807, 2.05) is 40.7 Å². The molecular formula is C23H29N7O. The van der Waals surface area contributed by atoms with Crippen molar-refractivity contribution in [1.29, 1.82) is 0 Å². The van der Waals surface area contributed by atoms with Gasteiger partial charge in [0.2, 0.25) is 0 Å². The number of pyridine rings is 1. The highest BCUT2D eigenvalue weighted by Gasteiger charge is 2.31. The van der Waals surface area contributed by atoms with E-state index in [0.29, 0.717) is 5.69 Å². The third-order valence-corrected chi connectivity index (χ3v) is 6.39. The molecule has 8 heteroatoms. The summed E-state index contributed by atoms with van der Waals surface area (Å²) in [5.41, 5.74) is 10.4. The van der Waals surface area contributed by atoms with E-state index in [9.17, 15) is 4.79 Å². The number of hydrogen-bond donors (Lipinski definition) is 1. The van der Waals surface area contributed by atoms with Crippen molar-refractivity contribution in [3.63, 3.8) is 0 Å². The van der Waals surface area contributed by atoms with Crippen LogP contribution in [-0.4, -0.2) is 56.1 Å². The number of amides is 1. The fraction of sp³-hybridized carbons (Fsp3) is 0.478. The van der Waals surface area contributed by atoms with Gasteiger partial charge in [0.25, 0.3) is 5.91 Å². The summed E-state index contributed by atoms with van der Waals surface area (Å²) < 4.78 is 1.84. The summed E-state index contributed by atoms with van der Waals surface area (Å²) in [7, 11) is 0. The van der Waals surface area contributed by atoms with Crippen LogP contribution in [0, 0.1) is 13.8 Å². The first-order chi connectivity index (χ1) is 15.0. The maximum Gasteiger partial charge on any atom is 0.273 e. The Balaban J connectivity index is 1.47. The first kappa shape index (κ1) is 19.9. The summed E-state index contributed by atoms with van der Waals surface area (Å²) in [5.74, 6) is 0.953. The lowest BCUT2D eigenvalue weighted by atomic mass is 9.98. The van der Waals surface area contributed by atoms with Gasteiger partial charge in [-0.15, -0.1) is 0 Å². The smallest absolute Gasteiger partial charge is 0.273 e. The molecule has 5 heterocycles. The average molecular weight is 420 g/mol. The maximum atomic E-state index is 13.3. The summed E-state index contributed by atoms with van der Waals surface area (Å²) in [5, 5.41) is 4.82. The molecule has 2 aliphatic heterocycles. The minimum Gasteiger partial charge on any atom is -0.355 e. The maximum absolute atomic E-state index is 13.3. The first-order valence-corrected chi connectivity index (χ1v) is 11.1. The van der Waals surface area contributed by atoms with Gasteiger partial charge in [-0.1, -0.05) is 0 Å². The molecule has 5 rings (SSSR count). The van der Waals surface area contributed by atoms with E-state index in [1.54, 1.807) is 6.20 Å². The molecule has 2 saturated heterocycles. The molecule has 2 fully saturated rings. The number of anilines is 1. The Morgan fingerprint density at radius 1 is 1.16 bits per heavy atom. The van der Waals surface area contributed by atoms with Gasteiger partial charge in [0.15, 0.2) is 5.65 Å². The van der Waals surface area contributed by atoms with Crippen LogP contribution in [0.4, 0.5) is 5.82 Å². The second-order valence-corrected chi connectivity index (χ2v) is 8.84. The topological polar surface area (TPSA) is 92.7 Å². The Labute approximate surface area is 182 Å². The standard InChI is InChI=1S/C23H29N7O/c1-15-6-8-25-19(11-15)23(31)29-9-4-3-5-20(29)18-12-21-26-22(16(2)13-30(21)27-18)28-10-7-17(24)14-28/h6,8,11-13,17,20H,3-5,7,9-10,14,24H2,1-2H3/t17-,20-/m0/s1. The lowest BCUT2D eigenvalue weighted by Gasteiger charge is -2.34. The Bertz CT molecular complexity index is 1120. The number of rotatable bonds is 3. The number of nitrogens with zero attached hydrogens (tertiary/aromatic N) is 6. The highest BCUT2D eigenvalue weighted by atomic mass is 16.2. The molecule has 1 amide bonds. The van der Waals surface area contributed by atoms with Crippen molar-refractivity contribution in [2.75, 3.05) is 24.5 Å². The largest absolute Gasteiger partial charge is 0.355 e. The predicted molar refractivity (Wildman–Crippen MR) is 119 cm³/mol. The zero-order chi connectivity index (χ0) is 21.5. The number of likely N-dealkylation sites (tertiary alicyclic amines) is 1. The van der Waals surface area contributed by atoms with Crippen molar-refractivity contribution < 1.29 is 4.79 Å². The van der Waals surface area contributed by atoms with Crippen molar-refractivity contribution in [1.82, 2.24) is 24.5 Å². The van der Waals surface area contributed by atoms with Gasteiger partial charge < -0.3 is 15.5 Å². The minimum atomic E-state index is -0.0609. The molecule has 0 bridgehead atoms. The third-order valence-electron chi connectivity index (χ3n) is 6.39. The molecule has 2 aliphatic rings. The summed E-state index contributed by atoms with van der Waals surface area (Å²) in [4.78, 5) is 26.7. The number of carbonyl (C=O) groups is 1. The zero-order valence-corrected chi connectivity index (χ0v) is 18.2. The van der Waals surface area contributed by atoms with E-state index in [0.717, 1.165) is 73.6 Å². The normalized spacial score (nSPS) is 21.8. The van der Waals surface area contributed by atoms with Gasteiger partial charge in [-0.25, -0.2) is 9.50 Å². The third kappa shape index (κ3) is 3.76. The lowest BCUT2D eigenvalue weighted by molar-refractivity contribution is 0.0599. The summed E-state index contributed by atoms with van der Waals surface area (Å²) in [6.45, 7) is 6.52. The number of nitrogens with two attached hydrogens (primary N) is 1. The van der Waals surface area contributed by atoms with Gasteiger partial charge in [-0.05, 0) is 57.2 Å². The Morgan fingerprint density at radius 2 is 2.03 bits per heavy atom. The van der Waals surface area contributed by atoms with Crippen LogP contribution in [0.15, 0.2) is 30.6 Å².